The minimum atomic E-state index is 0.138. The van der Waals surface area contributed by atoms with Crippen LogP contribution in [0, 0.1) is 17.8 Å². The number of anilines is 1. The third-order valence-corrected chi connectivity index (χ3v) is 5.89. The van der Waals surface area contributed by atoms with Crippen LogP contribution in [0.3, 0.4) is 0 Å². The van der Waals surface area contributed by atoms with Crippen LogP contribution in [0.5, 0.6) is 0 Å². The molecule has 21 heavy (non-hydrogen) atoms. The first kappa shape index (κ1) is 13.3. The van der Waals surface area contributed by atoms with Gasteiger partial charge in [-0.25, -0.2) is 0 Å². The quantitative estimate of drug-likeness (QED) is 0.874. The molecule has 112 valence electrons. The summed E-state index contributed by atoms with van der Waals surface area (Å²) >= 11 is 0. The summed E-state index contributed by atoms with van der Waals surface area (Å²) < 4.78 is 0. The van der Waals surface area contributed by atoms with Crippen molar-refractivity contribution in [3.05, 3.63) is 29.3 Å². The van der Waals surface area contributed by atoms with E-state index in [2.05, 4.69) is 23.5 Å². The predicted molar refractivity (Wildman–Crippen MR) is 83.9 cm³/mol. The van der Waals surface area contributed by atoms with Crippen LogP contribution in [0.25, 0.3) is 0 Å². The number of aryl methyl sites for hydroxylation is 1. The molecule has 0 saturated heterocycles. The highest BCUT2D eigenvalue weighted by molar-refractivity contribution is 5.92. The average Bonchev–Trinajstić information content (AvgIpc) is 3.06. The first-order chi connectivity index (χ1) is 10.2. The number of carbonyl (C=O) groups excluding carboxylic acids is 1. The monoisotopic (exact) mass is 284 g/mol. The molecule has 2 saturated carbocycles. The van der Waals surface area contributed by atoms with Crippen molar-refractivity contribution in [2.45, 2.75) is 51.0 Å². The molecule has 1 aromatic rings. The number of amides is 1. The lowest BCUT2D eigenvalue weighted by atomic mass is 9.80. The van der Waals surface area contributed by atoms with E-state index in [0.717, 1.165) is 30.4 Å². The highest BCUT2D eigenvalue weighted by Gasteiger charge is 2.42. The second-order valence-corrected chi connectivity index (χ2v) is 7.18. The molecule has 3 heteroatoms. The fourth-order valence-corrected chi connectivity index (χ4v) is 4.78. The van der Waals surface area contributed by atoms with Crippen molar-refractivity contribution in [2.24, 2.45) is 23.5 Å². The molecule has 1 aliphatic heterocycles. The van der Waals surface area contributed by atoms with Gasteiger partial charge in [0, 0.05) is 18.2 Å². The number of nitrogens with one attached hydrogen (secondary N) is 1. The molecule has 4 rings (SSSR count). The van der Waals surface area contributed by atoms with E-state index >= 15 is 0 Å². The number of hydrogen-bond acceptors (Lipinski definition) is 2. The molecule has 4 unspecified atom stereocenters. The lowest BCUT2D eigenvalue weighted by Crippen LogP contribution is -2.26. The van der Waals surface area contributed by atoms with Crippen LogP contribution in [-0.2, 0) is 11.2 Å². The first-order valence-corrected chi connectivity index (χ1v) is 8.39. The molecule has 3 aliphatic rings. The molecule has 3 nitrogen and oxygen atoms in total. The van der Waals surface area contributed by atoms with Crippen molar-refractivity contribution in [1.29, 1.82) is 0 Å². The SMILES string of the molecule is NC(c1ccc2c(c1)CCCC(=O)N2)C1CC2CCC1C2. The van der Waals surface area contributed by atoms with E-state index in [1.165, 1.54) is 36.8 Å². The van der Waals surface area contributed by atoms with Crippen molar-refractivity contribution in [3.63, 3.8) is 0 Å². The van der Waals surface area contributed by atoms with E-state index in [4.69, 9.17) is 5.73 Å². The number of fused-ring (bicyclic) bond motifs is 3. The zero-order chi connectivity index (χ0) is 14.4. The van der Waals surface area contributed by atoms with E-state index < -0.39 is 0 Å². The van der Waals surface area contributed by atoms with E-state index in [0.29, 0.717) is 12.3 Å². The number of nitrogens with two attached hydrogens (primary N) is 1. The van der Waals surface area contributed by atoms with Gasteiger partial charge in [0.2, 0.25) is 5.91 Å². The fraction of sp³-hybridized carbons (Fsp3) is 0.611. The maximum absolute atomic E-state index is 11.6. The van der Waals surface area contributed by atoms with E-state index in [1.807, 2.05) is 0 Å². The van der Waals surface area contributed by atoms with Gasteiger partial charge in [-0.2, -0.15) is 0 Å². The van der Waals surface area contributed by atoms with Crippen molar-refractivity contribution in [3.8, 4) is 0 Å². The van der Waals surface area contributed by atoms with Crippen LogP contribution in [0.2, 0.25) is 0 Å². The van der Waals surface area contributed by atoms with Crippen LogP contribution < -0.4 is 11.1 Å². The Kier molecular flexibility index (Phi) is 3.26. The summed E-state index contributed by atoms with van der Waals surface area (Å²) in [6.45, 7) is 0. The molecule has 0 radical (unpaired) electrons. The van der Waals surface area contributed by atoms with Gasteiger partial charge in [-0.15, -0.1) is 0 Å². The second-order valence-electron chi connectivity index (χ2n) is 7.18. The van der Waals surface area contributed by atoms with E-state index in [9.17, 15) is 4.79 Å². The molecular weight excluding hydrogens is 260 g/mol. The van der Waals surface area contributed by atoms with Crippen molar-refractivity contribution >= 4 is 11.6 Å². The maximum atomic E-state index is 11.6. The van der Waals surface area contributed by atoms with Crippen LogP contribution in [0.4, 0.5) is 5.69 Å². The lowest BCUT2D eigenvalue weighted by Gasteiger charge is -2.28. The molecule has 4 atom stereocenters. The molecule has 0 spiro atoms. The zero-order valence-corrected chi connectivity index (χ0v) is 12.5. The Hall–Kier alpha value is -1.35. The molecule has 2 fully saturated rings. The second kappa shape index (κ2) is 5.13. The summed E-state index contributed by atoms with van der Waals surface area (Å²) in [6.07, 6.45) is 8.06. The Morgan fingerprint density at radius 1 is 1.19 bits per heavy atom. The summed E-state index contributed by atoms with van der Waals surface area (Å²) in [6, 6.07) is 6.60. The highest BCUT2D eigenvalue weighted by atomic mass is 16.1. The van der Waals surface area contributed by atoms with Crippen LogP contribution in [0.1, 0.15) is 55.7 Å². The molecule has 1 heterocycles. The molecular formula is C18H24N2O. The molecule has 2 aliphatic carbocycles. The van der Waals surface area contributed by atoms with Gasteiger partial charge in [0.15, 0.2) is 0 Å². The molecule has 1 amide bonds. The Balaban J connectivity index is 1.58. The fourth-order valence-electron chi connectivity index (χ4n) is 4.78. The molecule has 3 N–H and O–H groups in total. The molecule has 2 bridgehead atoms. The predicted octanol–water partition coefficient (Wildman–Crippen LogP) is 3.40. The first-order valence-electron chi connectivity index (χ1n) is 8.39. The Morgan fingerprint density at radius 3 is 2.86 bits per heavy atom. The van der Waals surface area contributed by atoms with Crippen molar-refractivity contribution in [1.82, 2.24) is 0 Å². The van der Waals surface area contributed by atoms with Gasteiger partial charge in [0.05, 0.1) is 0 Å². The van der Waals surface area contributed by atoms with Gasteiger partial charge in [-0.3, -0.25) is 4.79 Å². The van der Waals surface area contributed by atoms with Gasteiger partial charge in [-0.05, 0) is 67.1 Å². The highest BCUT2D eigenvalue weighted by Crippen LogP contribution is 2.52. The summed E-state index contributed by atoms with van der Waals surface area (Å²) in [4.78, 5) is 11.6. The van der Waals surface area contributed by atoms with Crippen LogP contribution >= 0.6 is 0 Å². The smallest absolute Gasteiger partial charge is 0.224 e. The largest absolute Gasteiger partial charge is 0.326 e. The number of carbonyl (C=O) groups is 1. The van der Waals surface area contributed by atoms with Gasteiger partial charge in [0.1, 0.15) is 0 Å². The lowest BCUT2D eigenvalue weighted by molar-refractivity contribution is -0.116. The third-order valence-electron chi connectivity index (χ3n) is 5.89. The average molecular weight is 284 g/mol. The minimum absolute atomic E-state index is 0.138. The maximum Gasteiger partial charge on any atom is 0.224 e. The van der Waals surface area contributed by atoms with Gasteiger partial charge < -0.3 is 11.1 Å². The topological polar surface area (TPSA) is 55.1 Å². The number of hydrogen-bond donors (Lipinski definition) is 2. The summed E-state index contributed by atoms with van der Waals surface area (Å²) in [5.74, 6) is 2.59. The van der Waals surface area contributed by atoms with E-state index in [-0.39, 0.29) is 11.9 Å². The zero-order valence-electron chi connectivity index (χ0n) is 12.5. The van der Waals surface area contributed by atoms with Crippen molar-refractivity contribution in [2.75, 3.05) is 5.32 Å². The third kappa shape index (κ3) is 2.38. The van der Waals surface area contributed by atoms with Gasteiger partial charge in [-0.1, -0.05) is 18.6 Å². The van der Waals surface area contributed by atoms with Crippen LogP contribution in [0.15, 0.2) is 18.2 Å². The number of benzene rings is 1. The summed E-state index contributed by atoms with van der Waals surface area (Å²) in [5, 5.41) is 3.01. The number of rotatable bonds is 2. The molecule has 0 aromatic heterocycles. The van der Waals surface area contributed by atoms with Crippen LogP contribution in [-0.4, -0.2) is 5.91 Å². The summed E-state index contributed by atoms with van der Waals surface area (Å²) in [5.41, 5.74) is 10.1. The minimum Gasteiger partial charge on any atom is -0.326 e. The normalized spacial score (nSPS) is 32.4. The van der Waals surface area contributed by atoms with Gasteiger partial charge in [0.25, 0.3) is 0 Å². The Bertz CT molecular complexity index is 568. The Morgan fingerprint density at radius 2 is 2.10 bits per heavy atom. The molecule has 1 aromatic carbocycles. The Labute approximate surface area is 126 Å². The van der Waals surface area contributed by atoms with Crippen molar-refractivity contribution < 1.29 is 4.79 Å². The van der Waals surface area contributed by atoms with Gasteiger partial charge >= 0.3 is 0 Å². The standard InChI is InChI=1S/C18H24N2O/c19-18(15-9-11-4-5-12(15)8-11)14-6-7-16-13(10-14)2-1-3-17(21)20-16/h6-7,10-12,15,18H,1-5,8-9,19H2,(H,20,21). The summed E-state index contributed by atoms with van der Waals surface area (Å²) in [7, 11) is 0. The van der Waals surface area contributed by atoms with E-state index in [1.54, 1.807) is 0 Å².